The fourth-order valence-corrected chi connectivity index (χ4v) is 4.42. The number of benzene rings is 1. The summed E-state index contributed by atoms with van der Waals surface area (Å²) in [4.78, 5) is 0. The average molecular weight is 306 g/mol. The van der Waals surface area contributed by atoms with Crippen molar-refractivity contribution >= 4 is 17.4 Å². The van der Waals surface area contributed by atoms with Crippen molar-refractivity contribution in [3.8, 4) is 6.07 Å². The molecule has 1 spiro atoms. The van der Waals surface area contributed by atoms with Gasteiger partial charge in [0.05, 0.1) is 11.2 Å². The van der Waals surface area contributed by atoms with Crippen molar-refractivity contribution < 1.29 is 9.13 Å². The highest BCUT2D eigenvalue weighted by Crippen LogP contribution is 2.38. The Morgan fingerprint density at radius 2 is 2.19 bits per heavy atom. The van der Waals surface area contributed by atoms with Gasteiger partial charge in [0.2, 0.25) is 0 Å². The van der Waals surface area contributed by atoms with Crippen molar-refractivity contribution in [1.82, 2.24) is 0 Å². The molecule has 1 aromatic rings. The van der Waals surface area contributed by atoms with E-state index in [4.69, 9.17) is 10.00 Å². The molecule has 0 amide bonds. The van der Waals surface area contributed by atoms with E-state index in [0.717, 1.165) is 38.0 Å². The van der Waals surface area contributed by atoms with E-state index in [-0.39, 0.29) is 11.2 Å². The maximum atomic E-state index is 13.4. The zero-order valence-corrected chi connectivity index (χ0v) is 12.7. The van der Waals surface area contributed by atoms with Crippen LogP contribution in [0.4, 0.5) is 10.1 Å². The molecule has 3 nitrogen and oxygen atoms in total. The summed E-state index contributed by atoms with van der Waals surface area (Å²) >= 11 is 2.00. The van der Waals surface area contributed by atoms with Crippen LogP contribution < -0.4 is 5.32 Å². The van der Waals surface area contributed by atoms with Gasteiger partial charge in [0.25, 0.3) is 0 Å². The molecule has 2 heterocycles. The molecule has 0 aromatic heterocycles. The van der Waals surface area contributed by atoms with Crippen molar-refractivity contribution in [1.29, 1.82) is 5.26 Å². The van der Waals surface area contributed by atoms with E-state index in [2.05, 4.69) is 5.32 Å². The van der Waals surface area contributed by atoms with Crippen molar-refractivity contribution in [2.75, 3.05) is 23.4 Å². The van der Waals surface area contributed by atoms with Crippen LogP contribution in [0.15, 0.2) is 18.2 Å². The summed E-state index contributed by atoms with van der Waals surface area (Å²) in [6.45, 7) is 0.772. The Balaban J connectivity index is 1.68. The predicted molar refractivity (Wildman–Crippen MR) is 83.0 cm³/mol. The van der Waals surface area contributed by atoms with E-state index in [1.165, 1.54) is 17.6 Å². The molecule has 0 radical (unpaired) electrons. The van der Waals surface area contributed by atoms with Crippen LogP contribution >= 0.6 is 11.8 Å². The number of nitrogens with one attached hydrogen (secondary N) is 1. The number of nitriles is 1. The first-order valence-corrected chi connectivity index (χ1v) is 8.54. The highest BCUT2D eigenvalue weighted by Gasteiger charge is 2.38. The van der Waals surface area contributed by atoms with Gasteiger partial charge in [-0.25, -0.2) is 4.39 Å². The largest absolute Gasteiger partial charge is 0.382 e. The Bertz CT molecular complexity index is 546. The Hall–Kier alpha value is -1.25. The molecule has 0 aliphatic carbocycles. The highest BCUT2D eigenvalue weighted by atomic mass is 32.2. The highest BCUT2D eigenvalue weighted by molar-refractivity contribution is 7.99. The third-order valence-corrected chi connectivity index (χ3v) is 5.34. The summed E-state index contributed by atoms with van der Waals surface area (Å²) in [7, 11) is 0. The second-order valence-electron chi connectivity index (χ2n) is 5.78. The molecule has 3 rings (SSSR count). The van der Waals surface area contributed by atoms with E-state index in [0.29, 0.717) is 6.04 Å². The van der Waals surface area contributed by atoms with Crippen LogP contribution in [0, 0.1) is 17.1 Å². The van der Waals surface area contributed by atoms with Gasteiger partial charge in [-0.05, 0) is 55.4 Å². The number of hydrogen-bond acceptors (Lipinski definition) is 4. The molecule has 2 aliphatic rings. The summed E-state index contributed by atoms with van der Waals surface area (Å²) in [6, 6.07) is 6.87. The van der Waals surface area contributed by atoms with E-state index in [9.17, 15) is 4.39 Å². The molecule has 112 valence electrons. The third kappa shape index (κ3) is 3.33. The third-order valence-electron chi connectivity index (χ3n) is 4.35. The van der Waals surface area contributed by atoms with Crippen molar-refractivity contribution in [2.24, 2.45) is 0 Å². The van der Waals surface area contributed by atoms with Gasteiger partial charge in [-0.2, -0.15) is 17.0 Å². The van der Waals surface area contributed by atoms with Crippen LogP contribution in [-0.4, -0.2) is 29.8 Å². The molecule has 1 N–H and O–H groups in total. The first kappa shape index (κ1) is 14.7. The van der Waals surface area contributed by atoms with E-state index >= 15 is 0 Å². The average Bonchev–Trinajstić information content (AvgIpc) is 2.50. The minimum absolute atomic E-state index is 0.0270. The minimum atomic E-state index is -0.462. The summed E-state index contributed by atoms with van der Waals surface area (Å²) < 4.78 is 19.4. The summed E-state index contributed by atoms with van der Waals surface area (Å²) in [5, 5.41) is 12.4. The van der Waals surface area contributed by atoms with Crippen LogP contribution in [0.3, 0.4) is 0 Å². The van der Waals surface area contributed by atoms with Crippen LogP contribution in [0.1, 0.15) is 31.2 Å². The van der Waals surface area contributed by atoms with E-state index < -0.39 is 5.82 Å². The molecule has 1 aromatic carbocycles. The van der Waals surface area contributed by atoms with Gasteiger partial charge in [-0.15, -0.1) is 0 Å². The molecule has 5 heteroatoms. The predicted octanol–water partition coefficient (Wildman–Crippen LogP) is 3.55. The Kier molecular flexibility index (Phi) is 4.37. The number of nitrogens with zero attached hydrogens (tertiary/aromatic N) is 1. The van der Waals surface area contributed by atoms with Gasteiger partial charge in [0.1, 0.15) is 11.9 Å². The van der Waals surface area contributed by atoms with Gasteiger partial charge in [0.15, 0.2) is 0 Å². The Morgan fingerprint density at radius 1 is 1.38 bits per heavy atom. The van der Waals surface area contributed by atoms with Crippen molar-refractivity contribution in [3.63, 3.8) is 0 Å². The van der Waals surface area contributed by atoms with Gasteiger partial charge in [-0.3, -0.25) is 0 Å². The van der Waals surface area contributed by atoms with Gasteiger partial charge >= 0.3 is 0 Å². The quantitative estimate of drug-likeness (QED) is 0.907. The normalized spacial score (nSPS) is 24.5. The zero-order valence-electron chi connectivity index (χ0n) is 11.9. The molecule has 1 unspecified atom stereocenters. The second-order valence-corrected chi connectivity index (χ2v) is 7.01. The molecule has 2 saturated heterocycles. The number of anilines is 1. The Labute approximate surface area is 128 Å². The first-order chi connectivity index (χ1) is 10.2. The van der Waals surface area contributed by atoms with E-state index in [1.807, 2.05) is 17.8 Å². The molecule has 0 saturated carbocycles. The number of rotatable bonds is 2. The number of thioether (sulfide) groups is 1. The van der Waals surface area contributed by atoms with Crippen LogP contribution in [0.25, 0.3) is 0 Å². The molecular formula is C16H19FN2OS. The maximum Gasteiger partial charge on any atom is 0.141 e. The molecule has 1 atom stereocenters. The maximum absolute atomic E-state index is 13.4. The van der Waals surface area contributed by atoms with Crippen molar-refractivity contribution in [2.45, 2.75) is 37.3 Å². The van der Waals surface area contributed by atoms with Crippen LogP contribution in [-0.2, 0) is 4.74 Å². The summed E-state index contributed by atoms with van der Waals surface area (Å²) in [6.07, 6.45) is 4.17. The van der Waals surface area contributed by atoms with Gasteiger partial charge in [0, 0.05) is 18.3 Å². The van der Waals surface area contributed by atoms with Gasteiger partial charge < -0.3 is 10.1 Å². The molecule has 0 bridgehead atoms. The molecule has 2 aliphatic heterocycles. The number of hydrogen-bond donors (Lipinski definition) is 1. The lowest BCUT2D eigenvalue weighted by molar-refractivity contribution is -0.0865. The van der Waals surface area contributed by atoms with Crippen LogP contribution in [0.5, 0.6) is 0 Å². The molecular weight excluding hydrogens is 287 g/mol. The monoisotopic (exact) mass is 306 g/mol. The van der Waals surface area contributed by atoms with E-state index in [1.54, 1.807) is 12.1 Å². The summed E-state index contributed by atoms with van der Waals surface area (Å²) in [5.74, 6) is 1.87. The smallest absolute Gasteiger partial charge is 0.141 e. The summed E-state index contributed by atoms with van der Waals surface area (Å²) in [5.41, 5.74) is 0.940. The fraction of sp³-hybridized carbons (Fsp3) is 0.562. The lowest BCUT2D eigenvalue weighted by Gasteiger charge is -2.43. The number of ether oxygens (including phenoxy) is 1. The molecule has 21 heavy (non-hydrogen) atoms. The molecule has 2 fully saturated rings. The van der Waals surface area contributed by atoms with Crippen molar-refractivity contribution in [3.05, 3.63) is 29.6 Å². The standard InChI is InChI=1S/C16H19FN2OS/c17-15-2-1-13(9-12(15)11-18)19-14-3-6-20-16(10-14)4-7-21-8-5-16/h1-2,9,14,19H,3-8,10H2. The lowest BCUT2D eigenvalue weighted by Crippen LogP contribution is -2.46. The number of halogens is 1. The first-order valence-electron chi connectivity index (χ1n) is 7.39. The fourth-order valence-electron chi connectivity index (χ4n) is 3.18. The lowest BCUT2D eigenvalue weighted by atomic mass is 9.85. The topological polar surface area (TPSA) is 45.0 Å². The van der Waals surface area contributed by atoms with Crippen LogP contribution in [0.2, 0.25) is 0 Å². The SMILES string of the molecule is N#Cc1cc(NC2CCOC3(CCSCC3)C2)ccc1F. The zero-order chi connectivity index (χ0) is 14.7. The Morgan fingerprint density at radius 3 is 2.95 bits per heavy atom. The van der Waals surface area contributed by atoms with Gasteiger partial charge in [-0.1, -0.05) is 0 Å². The minimum Gasteiger partial charge on any atom is -0.382 e. The second kappa shape index (κ2) is 6.25.